The summed E-state index contributed by atoms with van der Waals surface area (Å²) in [6, 6.07) is -2.46. The zero-order valence-corrected chi connectivity index (χ0v) is 16.9. The Morgan fingerprint density at radius 3 is 2.12 bits per heavy atom. The topological polar surface area (TPSA) is 33.6 Å². The summed E-state index contributed by atoms with van der Waals surface area (Å²) in [5, 5.41) is 2.85. The fourth-order valence-electron chi connectivity index (χ4n) is 1.47. The highest BCUT2D eigenvalue weighted by molar-refractivity contribution is 14.1. The van der Waals surface area contributed by atoms with Crippen molar-refractivity contribution in [3.8, 4) is 5.75 Å². The molecule has 0 radical (unpaired) electrons. The van der Waals surface area contributed by atoms with Gasteiger partial charge in [-0.2, -0.15) is 35.8 Å². The van der Waals surface area contributed by atoms with E-state index in [1.807, 2.05) is 45.2 Å². The van der Waals surface area contributed by atoms with E-state index in [-0.39, 0.29) is 17.4 Å². The molecule has 1 N–H and O–H groups in total. The summed E-state index contributed by atoms with van der Waals surface area (Å²) >= 11 is 3.82. The first-order chi connectivity index (χ1) is 11.2. The minimum absolute atomic E-state index is 0.142. The fourth-order valence-corrected chi connectivity index (χ4v) is 3.48. The summed E-state index contributed by atoms with van der Waals surface area (Å²) in [7, 11) is 0. The third-order valence-electron chi connectivity index (χ3n) is 2.55. The summed E-state index contributed by atoms with van der Waals surface area (Å²) in [4.78, 5) is 0. The average Bonchev–Trinajstić information content (AvgIpc) is 2.40. The minimum atomic E-state index is -6.43. The van der Waals surface area contributed by atoms with Gasteiger partial charge in [0.1, 0.15) is 5.75 Å². The van der Waals surface area contributed by atoms with Gasteiger partial charge in [0.05, 0.1) is 15.9 Å². The van der Waals surface area contributed by atoms with E-state index >= 15 is 0 Å². The van der Waals surface area contributed by atoms with Crippen LogP contribution in [0, 0.1) is 7.14 Å². The Labute approximate surface area is 165 Å². The Morgan fingerprint density at radius 1 is 1.08 bits per heavy atom. The van der Waals surface area contributed by atoms with Crippen molar-refractivity contribution in [2.24, 2.45) is 5.10 Å². The molecule has 1 rings (SSSR count). The van der Waals surface area contributed by atoms with E-state index in [2.05, 4.69) is 5.10 Å². The highest BCUT2D eigenvalue weighted by atomic mass is 127. The van der Waals surface area contributed by atoms with Gasteiger partial charge in [-0.25, -0.2) is 5.43 Å². The summed E-state index contributed by atoms with van der Waals surface area (Å²) in [6.07, 6.45) is -6.02. The van der Waals surface area contributed by atoms with Gasteiger partial charge in [0.15, 0.2) is 0 Å². The number of alkyl halides is 7. The van der Waals surface area contributed by atoms with E-state index in [4.69, 9.17) is 4.74 Å². The van der Waals surface area contributed by atoms with E-state index in [0.29, 0.717) is 18.8 Å². The summed E-state index contributed by atoms with van der Waals surface area (Å²) in [5.41, 5.74) is 0.722. The fraction of sp³-hybridized carbons (Fsp3) is 0.462. The predicted octanol–water partition coefficient (Wildman–Crippen LogP) is 5.40. The van der Waals surface area contributed by atoms with Gasteiger partial charge in [-0.05, 0) is 71.2 Å². The van der Waals surface area contributed by atoms with Crippen molar-refractivity contribution < 1.29 is 35.5 Å². The number of hydrazone groups is 1. The van der Waals surface area contributed by atoms with Gasteiger partial charge in [0, 0.05) is 9.13 Å². The SMILES string of the molecule is CC(C)Oc1c(I)cc(I)cc1/C=N\NC(F)(F)C(F)(F)C(F)(F)F. The molecule has 0 fully saturated rings. The largest absolute Gasteiger partial charge is 0.489 e. The lowest BCUT2D eigenvalue weighted by atomic mass is 10.2. The molecule has 0 aliphatic heterocycles. The van der Waals surface area contributed by atoms with Crippen molar-refractivity contribution in [1.29, 1.82) is 0 Å². The molecule has 0 atom stereocenters. The van der Waals surface area contributed by atoms with Gasteiger partial charge in [0.2, 0.25) is 0 Å². The van der Waals surface area contributed by atoms with Crippen LogP contribution in [0.3, 0.4) is 0 Å². The molecule has 0 heterocycles. The monoisotopic (exact) mass is 598 g/mol. The lowest BCUT2D eigenvalue weighted by molar-refractivity contribution is -0.361. The van der Waals surface area contributed by atoms with E-state index in [0.717, 1.165) is 0 Å². The molecule has 0 amide bonds. The molecule has 142 valence electrons. The number of benzene rings is 1. The number of ether oxygens (including phenoxy) is 1. The van der Waals surface area contributed by atoms with Crippen LogP contribution < -0.4 is 10.2 Å². The van der Waals surface area contributed by atoms with Crippen LogP contribution in [0.1, 0.15) is 19.4 Å². The van der Waals surface area contributed by atoms with Crippen LogP contribution in [-0.2, 0) is 0 Å². The molecule has 0 spiro atoms. The van der Waals surface area contributed by atoms with Crippen molar-refractivity contribution in [1.82, 2.24) is 5.43 Å². The van der Waals surface area contributed by atoms with E-state index in [9.17, 15) is 30.7 Å². The van der Waals surface area contributed by atoms with Crippen LogP contribution in [0.5, 0.6) is 5.75 Å². The lowest BCUT2D eigenvalue weighted by Gasteiger charge is -2.27. The summed E-state index contributed by atoms with van der Waals surface area (Å²) < 4.78 is 94.7. The molecule has 3 nitrogen and oxygen atoms in total. The number of nitrogens with one attached hydrogen (secondary N) is 1. The second-order valence-electron chi connectivity index (χ2n) is 4.99. The quantitative estimate of drug-likeness (QED) is 0.157. The molecule has 12 heteroatoms. The first-order valence-electron chi connectivity index (χ1n) is 6.47. The lowest BCUT2D eigenvalue weighted by Crippen LogP contribution is -2.58. The second kappa shape index (κ2) is 8.00. The van der Waals surface area contributed by atoms with E-state index in [1.165, 1.54) is 6.07 Å². The molecule has 0 aromatic heterocycles. The predicted molar refractivity (Wildman–Crippen MR) is 94.3 cm³/mol. The Bertz CT molecular complexity index is 648. The Kier molecular flexibility index (Phi) is 7.20. The Hall–Kier alpha value is -0.540. The van der Waals surface area contributed by atoms with Crippen molar-refractivity contribution in [2.45, 2.75) is 38.1 Å². The number of hydrogen-bond acceptors (Lipinski definition) is 3. The molecule has 0 unspecified atom stereocenters. The molecule has 0 aliphatic rings. The highest BCUT2D eigenvalue weighted by Crippen LogP contribution is 2.45. The van der Waals surface area contributed by atoms with Gasteiger partial charge in [-0.3, -0.25) is 0 Å². The summed E-state index contributed by atoms with van der Waals surface area (Å²) in [6.45, 7) is 3.40. The second-order valence-corrected chi connectivity index (χ2v) is 7.40. The van der Waals surface area contributed by atoms with Gasteiger partial charge in [-0.1, -0.05) is 0 Å². The van der Waals surface area contributed by atoms with Gasteiger partial charge >= 0.3 is 18.1 Å². The maximum atomic E-state index is 13.1. The molecule has 25 heavy (non-hydrogen) atoms. The molecular formula is C13H11F7I2N2O. The maximum absolute atomic E-state index is 13.1. The molecule has 0 aliphatic carbocycles. The van der Waals surface area contributed by atoms with Crippen LogP contribution in [0.4, 0.5) is 30.7 Å². The van der Waals surface area contributed by atoms with Gasteiger partial charge in [-0.15, -0.1) is 0 Å². The molecule has 0 bridgehead atoms. The zero-order valence-electron chi connectivity index (χ0n) is 12.6. The van der Waals surface area contributed by atoms with Crippen molar-refractivity contribution >= 4 is 51.4 Å². The van der Waals surface area contributed by atoms with Crippen LogP contribution in [-0.4, -0.2) is 30.5 Å². The number of halogens is 9. The Morgan fingerprint density at radius 2 is 1.64 bits per heavy atom. The molecule has 0 saturated heterocycles. The normalized spacial score (nSPS) is 13.6. The third kappa shape index (κ3) is 5.47. The Balaban J connectivity index is 3.10. The van der Waals surface area contributed by atoms with Crippen molar-refractivity contribution in [3.05, 3.63) is 24.8 Å². The highest BCUT2D eigenvalue weighted by Gasteiger charge is 2.73. The average molecular weight is 598 g/mol. The van der Waals surface area contributed by atoms with Gasteiger partial charge < -0.3 is 4.74 Å². The molecule has 1 aromatic carbocycles. The van der Waals surface area contributed by atoms with Crippen LogP contribution >= 0.6 is 45.2 Å². The molecule has 1 aromatic rings. The van der Waals surface area contributed by atoms with Crippen LogP contribution in [0.25, 0.3) is 0 Å². The van der Waals surface area contributed by atoms with Crippen molar-refractivity contribution in [3.63, 3.8) is 0 Å². The van der Waals surface area contributed by atoms with Crippen molar-refractivity contribution in [2.75, 3.05) is 0 Å². The van der Waals surface area contributed by atoms with Gasteiger partial charge in [0.25, 0.3) is 0 Å². The molecular weight excluding hydrogens is 587 g/mol. The standard InChI is InChI=1S/C13H11F7I2N2O/c1-6(2)25-10-7(3-8(21)4-9(10)22)5-23-24-13(19,20)11(14,15)12(16,17)18/h3-6,24H,1-2H3/b23-5-. The van der Waals surface area contributed by atoms with Crippen LogP contribution in [0.15, 0.2) is 17.2 Å². The maximum Gasteiger partial charge on any atom is 0.462 e. The number of rotatable bonds is 6. The minimum Gasteiger partial charge on any atom is -0.489 e. The number of hydrogen-bond donors (Lipinski definition) is 1. The van der Waals surface area contributed by atoms with Crippen LogP contribution in [0.2, 0.25) is 0 Å². The number of nitrogens with zero attached hydrogens (tertiary/aromatic N) is 1. The van der Waals surface area contributed by atoms with E-state index in [1.54, 1.807) is 19.9 Å². The molecule has 0 saturated carbocycles. The first kappa shape index (κ1) is 22.5. The summed E-state index contributed by atoms with van der Waals surface area (Å²) in [5.74, 6) is -6.04. The first-order valence-corrected chi connectivity index (χ1v) is 8.63. The third-order valence-corrected chi connectivity index (χ3v) is 3.97. The zero-order chi connectivity index (χ0) is 19.6. The van der Waals surface area contributed by atoms with E-state index < -0.39 is 18.1 Å². The smallest absolute Gasteiger partial charge is 0.462 e.